The van der Waals surface area contributed by atoms with Crippen molar-refractivity contribution in [2.75, 3.05) is 11.4 Å². The first-order valence-electron chi connectivity index (χ1n) is 9.29. The fourth-order valence-electron chi connectivity index (χ4n) is 5.39. The standard InChI is InChI=1S/C21H26BrN3O/c1-5-8-24-18(26)16-9-14(22)6-7-17(16)23-19(24)25-13-21(4)11-15(25)10-20(2,3)12-21/h5-7,9,15H,1,8,10-13H2,2-4H3/t15-,21-/m1/s1. The summed E-state index contributed by atoms with van der Waals surface area (Å²) in [5.74, 6) is 0.802. The fourth-order valence-corrected chi connectivity index (χ4v) is 5.75. The molecular weight excluding hydrogens is 390 g/mol. The van der Waals surface area contributed by atoms with Gasteiger partial charge in [0.15, 0.2) is 0 Å². The van der Waals surface area contributed by atoms with Crippen LogP contribution in [0.5, 0.6) is 0 Å². The lowest BCUT2D eigenvalue weighted by molar-refractivity contribution is 0.136. The second-order valence-corrected chi connectivity index (χ2v) is 10.0. The van der Waals surface area contributed by atoms with Crippen molar-refractivity contribution < 1.29 is 0 Å². The molecule has 138 valence electrons. The van der Waals surface area contributed by atoms with Crippen molar-refractivity contribution in [3.8, 4) is 0 Å². The smallest absolute Gasteiger partial charge is 0.263 e. The third-order valence-electron chi connectivity index (χ3n) is 5.88. The van der Waals surface area contributed by atoms with Gasteiger partial charge in [0, 0.05) is 23.6 Å². The lowest BCUT2D eigenvalue weighted by Gasteiger charge is -2.39. The Labute approximate surface area is 163 Å². The molecule has 1 aromatic heterocycles. The van der Waals surface area contributed by atoms with Gasteiger partial charge in [-0.25, -0.2) is 4.98 Å². The number of hydrogen-bond acceptors (Lipinski definition) is 3. The molecule has 1 aliphatic carbocycles. The Kier molecular flexibility index (Phi) is 4.07. The van der Waals surface area contributed by atoms with Gasteiger partial charge in [-0.15, -0.1) is 6.58 Å². The molecule has 2 aromatic rings. The van der Waals surface area contributed by atoms with E-state index in [2.05, 4.69) is 48.2 Å². The molecular formula is C21H26BrN3O. The molecule has 2 aliphatic rings. The molecule has 0 radical (unpaired) electrons. The highest BCUT2D eigenvalue weighted by molar-refractivity contribution is 9.10. The molecule has 1 saturated carbocycles. The molecule has 1 aromatic carbocycles. The number of allylic oxidation sites excluding steroid dienone is 1. The second kappa shape index (κ2) is 5.95. The predicted octanol–water partition coefficient (Wildman–Crippen LogP) is 4.75. The van der Waals surface area contributed by atoms with Crippen molar-refractivity contribution in [2.45, 2.75) is 52.6 Å². The first kappa shape index (κ1) is 17.8. The van der Waals surface area contributed by atoms with Crippen LogP contribution in [0, 0.1) is 10.8 Å². The summed E-state index contributed by atoms with van der Waals surface area (Å²) in [4.78, 5) is 20.5. The van der Waals surface area contributed by atoms with Crippen molar-refractivity contribution in [2.24, 2.45) is 10.8 Å². The molecule has 2 atom stereocenters. The Morgan fingerprint density at radius 3 is 2.85 bits per heavy atom. The molecule has 0 spiro atoms. The average molecular weight is 416 g/mol. The molecule has 0 amide bonds. The van der Waals surface area contributed by atoms with E-state index in [1.165, 1.54) is 12.8 Å². The minimum atomic E-state index is 0.0112. The Morgan fingerprint density at radius 2 is 2.12 bits per heavy atom. The molecule has 0 unspecified atom stereocenters. The van der Waals surface area contributed by atoms with Crippen LogP contribution in [0.15, 0.2) is 40.1 Å². The molecule has 5 heteroatoms. The minimum Gasteiger partial charge on any atom is -0.339 e. The quantitative estimate of drug-likeness (QED) is 0.678. The molecule has 0 N–H and O–H groups in total. The maximum absolute atomic E-state index is 13.2. The van der Waals surface area contributed by atoms with Gasteiger partial charge in [0.1, 0.15) is 0 Å². The average Bonchev–Trinajstić information content (AvgIpc) is 2.79. The number of nitrogens with zero attached hydrogens (tertiary/aromatic N) is 3. The van der Waals surface area contributed by atoms with Crippen LogP contribution < -0.4 is 10.5 Å². The summed E-state index contributed by atoms with van der Waals surface area (Å²) < 4.78 is 2.69. The first-order valence-corrected chi connectivity index (χ1v) is 10.1. The third kappa shape index (κ3) is 2.90. The molecule has 1 saturated heterocycles. The maximum Gasteiger partial charge on any atom is 0.263 e. The van der Waals surface area contributed by atoms with Crippen LogP contribution in [0.25, 0.3) is 10.9 Å². The Balaban J connectivity index is 1.89. The van der Waals surface area contributed by atoms with E-state index in [0.29, 0.717) is 23.4 Å². The number of aromatic nitrogens is 2. The van der Waals surface area contributed by atoms with E-state index in [1.54, 1.807) is 10.6 Å². The van der Waals surface area contributed by atoms with E-state index in [1.807, 2.05) is 18.2 Å². The van der Waals surface area contributed by atoms with Crippen molar-refractivity contribution in [1.82, 2.24) is 9.55 Å². The zero-order valence-electron chi connectivity index (χ0n) is 15.8. The summed E-state index contributed by atoms with van der Waals surface area (Å²) >= 11 is 3.46. The topological polar surface area (TPSA) is 38.1 Å². The molecule has 2 bridgehead atoms. The van der Waals surface area contributed by atoms with Crippen molar-refractivity contribution in [3.05, 3.63) is 45.7 Å². The molecule has 4 nitrogen and oxygen atoms in total. The van der Waals surface area contributed by atoms with Crippen LogP contribution in [0.4, 0.5) is 5.95 Å². The Morgan fingerprint density at radius 1 is 1.35 bits per heavy atom. The zero-order valence-corrected chi connectivity index (χ0v) is 17.3. The van der Waals surface area contributed by atoms with Gasteiger partial charge in [-0.2, -0.15) is 0 Å². The van der Waals surface area contributed by atoms with E-state index >= 15 is 0 Å². The number of anilines is 1. The zero-order chi connectivity index (χ0) is 18.7. The van der Waals surface area contributed by atoms with Crippen LogP contribution in [-0.4, -0.2) is 22.1 Å². The SMILES string of the molecule is C=CCn1c(N2C[C@]3(C)C[C@H]2CC(C)(C)C3)nc2ccc(Br)cc2c1=O. The van der Waals surface area contributed by atoms with Crippen molar-refractivity contribution in [3.63, 3.8) is 0 Å². The summed E-state index contributed by atoms with van der Waals surface area (Å²) in [7, 11) is 0. The van der Waals surface area contributed by atoms with E-state index in [4.69, 9.17) is 4.98 Å². The van der Waals surface area contributed by atoms with Crippen LogP contribution >= 0.6 is 15.9 Å². The van der Waals surface area contributed by atoms with Gasteiger partial charge < -0.3 is 4.90 Å². The Bertz CT molecular complexity index is 948. The summed E-state index contributed by atoms with van der Waals surface area (Å²) in [6.45, 7) is 12.4. The minimum absolute atomic E-state index is 0.0112. The number of halogens is 1. The monoisotopic (exact) mass is 415 g/mol. The summed E-state index contributed by atoms with van der Waals surface area (Å²) in [5.41, 5.74) is 1.40. The second-order valence-electron chi connectivity index (χ2n) is 9.12. The summed E-state index contributed by atoms with van der Waals surface area (Å²) in [6.07, 6.45) is 5.33. The highest BCUT2D eigenvalue weighted by Crippen LogP contribution is 2.53. The third-order valence-corrected chi connectivity index (χ3v) is 6.37. The van der Waals surface area contributed by atoms with E-state index in [0.717, 1.165) is 28.9 Å². The Hall–Kier alpha value is -1.62. The van der Waals surface area contributed by atoms with Gasteiger partial charge in [-0.1, -0.05) is 42.8 Å². The summed E-state index contributed by atoms with van der Waals surface area (Å²) in [6, 6.07) is 6.18. The van der Waals surface area contributed by atoms with Gasteiger partial charge >= 0.3 is 0 Å². The van der Waals surface area contributed by atoms with Crippen molar-refractivity contribution >= 4 is 32.8 Å². The molecule has 26 heavy (non-hydrogen) atoms. The van der Waals surface area contributed by atoms with Gasteiger partial charge in [0.25, 0.3) is 5.56 Å². The predicted molar refractivity (Wildman–Crippen MR) is 111 cm³/mol. The first-order chi connectivity index (χ1) is 12.2. The van der Waals surface area contributed by atoms with Crippen LogP contribution in [0.1, 0.15) is 40.0 Å². The summed E-state index contributed by atoms with van der Waals surface area (Å²) in [5, 5.41) is 0.652. The number of benzene rings is 1. The highest BCUT2D eigenvalue weighted by atomic mass is 79.9. The van der Waals surface area contributed by atoms with Gasteiger partial charge in [0.2, 0.25) is 5.95 Å². The number of rotatable bonds is 3. The molecule has 1 aliphatic heterocycles. The molecule has 2 heterocycles. The van der Waals surface area contributed by atoms with Crippen LogP contribution in [0.2, 0.25) is 0 Å². The van der Waals surface area contributed by atoms with Crippen LogP contribution in [-0.2, 0) is 6.54 Å². The van der Waals surface area contributed by atoms with E-state index in [9.17, 15) is 4.79 Å². The van der Waals surface area contributed by atoms with E-state index in [-0.39, 0.29) is 11.0 Å². The number of fused-ring (bicyclic) bond motifs is 3. The fraction of sp³-hybridized carbons (Fsp3) is 0.524. The van der Waals surface area contributed by atoms with Crippen LogP contribution in [0.3, 0.4) is 0 Å². The molecule has 2 fully saturated rings. The lowest BCUT2D eigenvalue weighted by Crippen LogP contribution is -2.38. The van der Waals surface area contributed by atoms with E-state index < -0.39 is 0 Å². The van der Waals surface area contributed by atoms with Gasteiger partial charge in [0.05, 0.1) is 10.9 Å². The van der Waals surface area contributed by atoms with Gasteiger partial charge in [-0.3, -0.25) is 9.36 Å². The largest absolute Gasteiger partial charge is 0.339 e. The highest BCUT2D eigenvalue weighted by Gasteiger charge is 2.50. The number of hydrogen-bond donors (Lipinski definition) is 0. The van der Waals surface area contributed by atoms with Gasteiger partial charge in [-0.05, 0) is 48.3 Å². The van der Waals surface area contributed by atoms with Crippen molar-refractivity contribution in [1.29, 1.82) is 0 Å². The molecule has 4 rings (SSSR count). The lowest BCUT2D eigenvalue weighted by atomic mass is 9.65. The maximum atomic E-state index is 13.2. The normalized spacial score (nSPS) is 27.1.